The summed E-state index contributed by atoms with van der Waals surface area (Å²) in [5, 5.41) is 12.2. The number of nitrogens with zero attached hydrogens (tertiary/aromatic N) is 1. The van der Waals surface area contributed by atoms with Crippen LogP contribution in [0.25, 0.3) is 0 Å². The highest BCUT2D eigenvalue weighted by molar-refractivity contribution is 9.11. The van der Waals surface area contributed by atoms with Crippen molar-refractivity contribution in [1.82, 2.24) is 10.2 Å². The standard InChI is InChI=1S/C14H19BrN2O3S/c1-2-14(12(18)19)6-8-17(9-14)13(20)16-7-5-10-3-4-11(15)21-10/h3-4H,2,5-9H2,1H3,(H,16,20)(H,18,19). The highest BCUT2D eigenvalue weighted by Gasteiger charge is 2.44. The Labute approximate surface area is 136 Å². The van der Waals surface area contributed by atoms with E-state index in [2.05, 4.69) is 21.2 Å². The van der Waals surface area contributed by atoms with Crippen molar-refractivity contribution >= 4 is 39.3 Å². The first-order valence-electron chi connectivity index (χ1n) is 6.97. The predicted molar refractivity (Wildman–Crippen MR) is 85.7 cm³/mol. The molecular weight excluding hydrogens is 356 g/mol. The van der Waals surface area contributed by atoms with Gasteiger partial charge in [-0.1, -0.05) is 6.92 Å². The van der Waals surface area contributed by atoms with Gasteiger partial charge in [-0.15, -0.1) is 11.3 Å². The van der Waals surface area contributed by atoms with Crippen LogP contribution in [0, 0.1) is 5.41 Å². The number of thiophene rings is 1. The van der Waals surface area contributed by atoms with E-state index in [4.69, 9.17) is 0 Å². The summed E-state index contributed by atoms with van der Waals surface area (Å²) in [6.45, 7) is 3.24. The lowest BCUT2D eigenvalue weighted by molar-refractivity contribution is -0.148. The first kappa shape index (κ1) is 16.3. The number of likely N-dealkylation sites (tertiary alicyclic amines) is 1. The van der Waals surface area contributed by atoms with E-state index in [1.807, 2.05) is 19.1 Å². The van der Waals surface area contributed by atoms with Crippen LogP contribution in [0.1, 0.15) is 24.6 Å². The fraction of sp³-hybridized carbons (Fsp3) is 0.571. The molecule has 0 spiro atoms. The SMILES string of the molecule is CCC1(C(=O)O)CCN(C(=O)NCCc2ccc(Br)s2)C1. The molecule has 7 heteroatoms. The molecule has 5 nitrogen and oxygen atoms in total. The lowest BCUT2D eigenvalue weighted by atomic mass is 9.84. The van der Waals surface area contributed by atoms with Gasteiger partial charge in [-0.05, 0) is 47.3 Å². The van der Waals surface area contributed by atoms with Crippen LogP contribution in [0.2, 0.25) is 0 Å². The third-order valence-electron chi connectivity index (χ3n) is 4.05. The average molecular weight is 375 g/mol. The van der Waals surface area contributed by atoms with E-state index < -0.39 is 11.4 Å². The van der Waals surface area contributed by atoms with Gasteiger partial charge in [0.2, 0.25) is 0 Å². The highest BCUT2D eigenvalue weighted by Crippen LogP contribution is 2.34. The molecule has 21 heavy (non-hydrogen) atoms. The van der Waals surface area contributed by atoms with Crippen molar-refractivity contribution in [2.45, 2.75) is 26.2 Å². The van der Waals surface area contributed by atoms with Crippen LogP contribution >= 0.6 is 27.3 Å². The summed E-state index contributed by atoms with van der Waals surface area (Å²) in [4.78, 5) is 26.3. The van der Waals surface area contributed by atoms with Crippen molar-refractivity contribution in [2.75, 3.05) is 19.6 Å². The number of carbonyl (C=O) groups is 2. The Morgan fingerprint density at radius 2 is 2.29 bits per heavy atom. The second-order valence-corrected chi connectivity index (χ2v) is 7.85. The monoisotopic (exact) mass is 374 g/mol. The molecule has 2 amide bonds. The number of hydrogen-bond donors (Lipinski definition) is 2. The number of nitrogens with one attached hydrogen (secondary N) is 1. The molecule has 0 aromatic carbocycles. The van der Waals surface area contributed by atoms with E-state index in [1.165, 1.54) is 4.88 Å². The maximum absolute atomic E-state index is 12.1. The zero-order valence-corrected chi connectivity index (χ0v) is 14.3. The zero-order chi connectivity index (χ0) is 15.5. The fourth-order valence-corrected chi connectivity index (χ4v) is 4.03. The van der Waals surface area contributed by atoms with Gasteiger partial charge in [-0.3, -0.25) is 4.79 Å². The first-order chi connectivity index (χ1) is 9.97. The van der Waals surface area contributed by atoms with Crippen molar-refractivity contribution in [3.05, 3.63) is 20.8 Å². The normalized spacial score (nSPS) is 21.5. The number of rotatable bonds is 5. The number of aliphatic carboxylic acids is 1. The first-order valence-corrected chi connectivity index (χ1v) is 8.58. The smallest absolute Gasteiger partial charge is 0.317 e. The summed E-state index contributed by atoms with van der Waals surface area (Å²) in [5.41, 5.74) is -0.768. The van der Waals surface area contributed by atoms with Gasteiger partial charge >= 0.3 is 12.0 Å². The molecule has 1 aromatic rings. The molecule has 2 heterocycles. The Balaban J connectivity index is 1.80. The van der Waals surface area contributed by atoms with Gasteiger partial charge in [0, 0.05) is 24.5 Å². The summed E-state index contributed by atoms with van der Waals surface area (Å²) in [6.07, 6.45) is 1.87. The molecule has 1 saturated heterocycles. The van der Waals surface area contributed by atoms with Crippen LogP contribution in [0.4, 0.5) is 4.79 Å². The van der Waals surface area contributed by atoms with Gasteiger partial charge in [0.25, 0.3) is 0 Å². The Bertz CT molecular complexity index is 534. The molecule has 0 radical (unpaired) electrons. The fourth-order valence-electron chi connectivity index (χ4n) is 2.55. The van der Waals surface area contributed by atoms with E-state index in [9.17, 15) is 14.7 Å². The number of halogens is 1. The lowest BCUT2D eigenvalue weighted by Gasteiger charge is -2.23. The van der Waals surface area contributed by atoms with Gasteiger partial charge in [0.05, 0.1) is 9.20 Å². The van der Waals surface area contributed by atoms with Crippen LogP contribution in [0.3, 0.4) is 0 Å². The maximum Gasteiger partial charge on any atom is 0.317 e. The summed E-state index contributed by atoms with van der Waals surface area (Å²) in [5.74, 6) is -0.802. The molecule has 1 aliphatic rings. The van der Waals surface area contributed by atoms with E-state index in [0.29, 0.717) is 32.5 Å². The predicted octanol–water partition coefficient (Wildman–Crippen LogP) is 2.95. The molecule has 2 rings (SSSR count). The maximum atomic E-state index is 12.1. The molecule has 116 valence electrons. The molecule has 1 fully saturated rings. The minimum atomic E-state index is -0.802. The summed E-state index contributed by atoms with van der Waals surface area (Å²) in [7, 11) is 0. The molecule has 0 aliphatic carbocycles. The van der Waals surface area contributed by atoms with Crippen LogP contribution in [-0.2, 0) is 11.2 Å². The number of amides is 2. The Hall–Kier alpha value is -1.08. The minimum absolute atomic E-state index is 0.165. The molecule has 2 N–H and O–H groups in total. The van der Waals surface area contributed by atoms with Crippen LogP contribution in [-0.4, -0.2) is 41.6 Å². The van der Waals surface area contributed by atoms with E-state index in [1.54, 1.807) is 16.2 Å². The van der Waals surface area contributed by atoms with Gasteiger partial charge in [0.1, 0.15) is 0 Å². The Morgan fingerprint density at radius 1 is 1.52 bits per heavy atom. The summed E-state index contributed by atoms with van der Waals surface area (Å²) in [6, 6.07) is 3.86. The second kappa shape index (κ2) is 6.79. The number of carboxylic acids is 1. The molecule has 1 aromatic heterocycles. The van der Waals surface area contributed by atoms with Crippen LogP contribution in [0.15, 0.2) is 15.9 Å². The minimum Gasteiger partial charge on any atom is -0.481 e. The lowest BCUT2D eigenvalue weighted by Crippen LogP contribution is -2.42. The third kappa shape index (κ3) is 3.77. The van der Waals surface area contributed by atoms with Crippen molar-refractivity contribution in [2.24, 2.45) is 5.41 Å². The van der Waals surface area contributed by atoms with Gasteiger partial charge in [-0.2, -0.15) is 0 Å². The van der Waals surface area contributed by atoms with Gasteiger partial charge in [0.15, 0.2) is 0 Å². The Morgan fingerprint density at radius 3 is 2.81 bits per heavy atom. The average Bonchev–Trinajstić information content (AvgIpc) is 3.06. The van der Waals surface area contributed by atoms with E-state index >= 15 is 0 Å². The highest BCUT2D eigenvalue weighted by atomic mass is 79.9. The van der Waals surface area contributed by atoms with E-state index in [-0.39, 0.29) is 6.03 Å². The van der Waals surface area contributed by atoms with E-state index in [0.717, 1.165) is 10.2 Å². The summed E-state index contributed by atoms with van der Waals surface area (Å²) >= 11 is 5.06. The molecule has 1 aliphatic heterocycles. The van der Waals surface area contributed by atoms with Crippen molar-refractivity contribution in [1.29, 1.82) is 0 Å². The van der Waals surface area contributed by atoms with Gasteiger partial charge < -0.3 is 15.3 Å². The zero-order valence-electron chi connectivity index (χ0n) is 11.9. The quantitative estimate of drug-likeness (QED) is 0.832. The topological polar surface area (TPSA) is 69.6 Å². The summed E-state index contributed by atoms with van der Waals surface area (Å²) < 4.78 is 1.08. The second-order valence-electron chi connectivity index (χ2n) is 5.30. The molecule has 1 atom stereocenters. The van der Waals surface area contributed by atoms with Crippen molar-refractivity contribution in [3.8, 4) is 0 Å². The number of hydrogen-bond acceptors (Lipinski definition) is 3. The number of urea groups is 1. The molecular formula is C14H19BrN2O3S. The molecule has 1 unspecified atom stereocenters. The van der Waals surface area contributed by atoms with Crippen molar-refractivity contribution in [3.63, 3.8) is 0 Å². The third-order valence-corrected chi connectivity index (χ3v) is 5.73. The number of carbonyl (C=O) groups excluding carboxylic acids is 1. The largest absolute Gasteiger partial charge is 0.481 e. The molecule has 0 bridgehead atoms. The van der Waals surface area contributed by atoms with Crippen LogP contribution < -0.4 is 5.32 Å². The van der Waals surface area contributed by atoms with Crippen molar-refractivity contribution < 1.29 is 14.7 Å². The van der Waals surface area contributed by atoms with Gasteiger partial charge in [-0.25, -0.2) is 4.79 Å². The van der Waals surface area contributed by atoms with Crippen LogP contribution in [0.5, 0.6) is 0 Å². The number of carboxylic acid groups (broad SMARTS) is 1. The Kier molecular flexibility index (Phi) is 5.27. The molecule has 0 saturated carbocycles.